The first-order chi connectivity index (χ1) is 25.5. The largest absolute Gasteiger partial charge is 0.444 e. The lowest BCUT2D eigenvalue weighted by atomic mass is 9.88. The average molecular weight is 776 g/mol. The highest BCUT2D eigenvalue weighted by molar-refractivity contribution is 6.76. The zero-order valence-corrected chi connectivity index (χ0v) is 35.6. The van der Waals surface area contributed by atoms with E-state index in [-0.39, 0.29) is 29.8 Å². The van der Waals surface area contributed by atoms with E-state index in [1.165, 1.54) is 6.07 Å². The molecule has 54 heavy (non-hydrogen) atoms. The first kappa shape index (κ1) is 40.0. The Hall–Kier alpha value is -3.73. The normalized spacial score (nSPS) is 19.1. The summed E-state index contributed by atoms with van der Waals surface area (Å²) in [6.45, 7) is 21.9. The van der Waals surface area contributed by atoms with Crippen LogP contribution in [0.5, 0.6) is 0 Å². The quantitative estimate of drug-likeness (QED) is 0.0705. The summed E-state index contributed by atoms with van der Waals surface area (Å²) in [5, 5.41) is 4.89. The van der Waals surface area contributed by atoms with E-state index in [0.29, 0.717) is 38.0 Å². The second-order valence-electron chi connectivity index (χ2n) is 18.3. The Balaban J connectivity index is 1.37. The van der Waals surface area contributed by atoms with Gasteiger partial charge in [0.1, 0.15) is 30.6 Å². The van der Waals surface area contributed by atoms with Crippen LogP contribution in [-0.4, -0.2) is 96.1 Å². The van der Waals surface area contributed by atoms with Crippen molar-refractivity contribution in [2.24, 2.45) is 0 Å². The van der Waals surface area contributed by atoms with Crippen molar-refractivity contribution >= 4 is 33.7 Å². The van der Waals surface area contributed by atoms with Crippen LogP contribution in [0.3, 0.4) is 0 Å². The number of anilines is 1. The molecule has 0 aromatic carbocycles. The molecule has 0 N–H and O–H groups in total. The fraction of sp³-hybridized carbons (Fsp3) is 0.575. The molecule has 0 radical (unpaired) electrons. The van der Waals surface area contributed by atoms with Gasteiger partial charge >= 0.3 is 6.09 Å². The van der Waals surface area contributed by atoms with Gasteiger partial charge in [0.15, 0.2) is 11.5 Å². The van der Waals surface area contributed by atoms with E-state index in [0.717, 1.165) is 60.4 Å². The van der Waals surface area contributed by atoms with Gasteiger partial charge in [0.05, 0.1) is 11.9 Å². The number of amides is 1. The molecule has 2 fully saturated rings. The predicted molar refractivity (Wildman–Crippen MR) is 217 cm³/mol. The highest BCUT2D eigenvalue weighted by Gasteiger charge is 2.45. The Bertz CT molecular complexity index is 1870. The molecule has 11 nitrogen and oxygen atoms in total. The third kappa shape index (κ3) is 9.92. The maximum absolute atomic E-state index is 14.6. The van der Waals surface area contributed by atoms with Crippen LogP contribution in [0.15, 0.2) is 48.9 Å². The monoisotopic (exact) mass is 775 g/mol. The van der Waals surface area contributed by atoms with Crippen LogP contribution >= 0.6 is 0 Å². The van der Waals surface area contributed by atoms with Gasteiger partial charge in [0.25, 0.3) is 0 Å². The van der Waals surface area contributed by atoms with Crippen molar-refractivity contribution in [1.29, 1.82) is 0 Å². The topological polar surface area (TPSA) is 107 Å². The number of hydrogen-bond donors (Lipinski definition) is 0. The zero-order valence-electron chi connectivity index (χ0n) is 33.6. The number of carbonyl (C=O) groups excluding carboxylic acids is 1. The molecule has 4 aromatic heterocycles. The summed E-state index contributed by atoms with van der Waals surface area (Å²) >= 11 is 0. The van der Waals surface area contributed by atoms with Gasteiger partial charge < -0.3 is 24.0 Å². The number of pyridine rings is 2. The molecule has 2 aliphatic rings. The summed E-state index contributed by atoms with van der Waals surface area (Å²) in [6, 6.07) is 11.1. The van der Waals surface area contributed by atoms with Crippen molar-refractivity contribution in [3.05, 3.63) is 60.4 Å². The van der Waals surface area contributed by atoms with Crippen LogP contribution in [0.25, 0.3) is 28.2 Å². The molecule has 6 rings (SSSR count). The number of halogens is 1. The second kappa shape index (κ2) is 16.2. The molecule has 2 unspecified atom stereocenters. The van der Waals surface area contributed by atoms with Crippen molar-refractivity contribution in [1.82, 2.24) is 29.5 Å². The molecule has 2 aliphatic heterocycles. The van der Waals surface area contributed by atoms with Crippen LogP contribution in [-0.2, 0) is 14.2 Å². The number of aromatic nitrogens is 5. The lowest BCUT2D eigenvalue weighted by Crippen LogP contribution is -2.48. The number of carbonyl (C=O) groups is 1. The first-order valence-electron chi connectivity index (χ1n) is 19.3. The molecule has 0 spiro atoms. The number of rotatable bonds is 14. The maximum atomic E-state index is 14.6. The van der Waals surface area contributed by atoms with E-state index in [1.807, 2.05) is 42.4 Å². The molecule has 0 aliphatic carbocycles. The number of fused-ring (bicyclic) bond motifs is 3. The summed E-state index contributed by atoms with van der Waals surface area (Å²) in [4.78, 5) is 31.6. The Morgan fingerprint density at radius 1 is 0.926 bits per heavy atom. The van der Waals surface area contributed by atoms with Gasteiger partial charge in [-0.1, -0.05) is 45.3 Å². The van der Waals surface area contributed by atoms with E-state index in [9.17, 15) is 9.18 Å². The number of nitrogens with zero attached hydrogens (tertiary/aromatic N) is 7. The summed E-state index contributed by atoms with van der Waals surface area (Å²) in [5.74, 6) is 0.544. The smallest absolute Gasteiger partial charge is 0.410 e. The molecule has 14 heteroatoms. The second-order valence-corrected chi connectivity index (χ2v) is 29.5. The fourth-order valence-corrected chi connectivity index (χ4v) is 8.69. The Kier molecular flexibility index (Phi) is 12.0. The summed E-state index contributed by atoms with van der Waals surface area (Å²) in [6.07, 6.45) is 8.37. The third-order valence-electron chi connectivity index (χ3n) is 10.1. The summed E-state index contributed by atoms with van der Waals surface area (Å²) in [5.41, 5.74) is 3.37. The third-order valence-corrected chi connectivity index (χ3v) is 13.5. The molecule has 4 aromatic rings. The van der Waals surface area contributed by atoms with Crippen LogP contribution in [0, 0.1) is 5.82 Å². The SMILES string of the molecule is CC(C)(C)OC(=O)N1C2CCC1CC(c1cc(N(COCC[Si](C)(C)C)COCC[Si](C)(C)C)n3ncc(-c4ccc(-c5ncccc5F)nc4)c3n1)C2. The summed E-state index contributed by atoms with van der Waals surface area (Å²) in [7, 11) is -2.60. The van der Waals surface area contributed by atoms with Gasteiger partial charge in [0.2, 0.25) is 0 Å². The number of ether oxygens (including phenoxy) is 3. The average Bonchev–Trinajstić information content (AvgIpc) is 3.63. The van der Waals surface area contributed by atoms with Gasteiger partial charge in [-0.15, -0.1) is 0 Å². The molecule has 1 amide bonds. The minimum atomic E-state index is -1.30. The number of hydrogen-bond acceptors (Lipinski definition) is 9. The lowest BCUT2D eigenvalue weighted by molar-refractivity contribution is 0.00568. The van der Waals surface area contributed by atoms with E-state index >= 15 is 0 Å². The van der Waals surface area contributed by atoms with E-state index in [4.69, 9.17) is 24.3 Å². The maximum Gasteiger partial charge on any atom is 0.410 e. The lowest BCUT2D eigenvalue weighted by Gasteiger charge is -2.39. The molecule has 2 atom stereocenters. The number of piperidine rings is 1. The first-order valence-corrected chi connectivity index (χ1v) is 26.7. The fourth-order valence-electron chi connectivity index (χ4n) is 7.18. The van der Waals surface area contributed by atoms with Crippen LogP contribution in [0.2, 0.25) is 51.4 Å². The zero-order chi connectivity index (χ0) is 38.8. The van der Waals surface area contributed by atoms with E-state index in [2.05, 4.69) is 60.2 Å². The van der Waals surface area contributed by atoms with E-state index in [1.54, 1.807) is 24.5 Å². The van der Waals surface area contributed by atoms with Gasteiger partial charge in [-0.2, -0.15) is 9.61 Å². The molecule has 0 saturated carbocycles. The molecular formula is C40H58FN7O4Si2. The molecule has 6 heterocycles. The van der Waals surface area contributed by atoms with E-state index < -0.39 is 27.6 Å². The highest BCUT2D eigenvalue weighted by Crippen LogP contribution is 2.44. The van der Waals surface area contributed by atoms with Gasteiger partial charge in [0, 0.05) is 82.6 Å². The molecular weight excluding hydrogens is 718 g/mol. The predicted octanol–water partition coefficient (Wildman–Crippen LogP) is 9.07. The van der Waals surface area contributed by atoms with Gasteiger partial charge in [-0.05, 0) is 76.7 Å². The standard InChI is InChI=1S/C40H58FN7O4Si2/c1-40(2,3)52-39(49)47-30-13-14-31(47)22-29(21-30)35-23-36(46(26-50-17-19-53(4,5)6)27-51-18-20-54(7,8)9)48-38(45-35)32(25-44-48)28-12-15-34(43-24-28)37-33(41)11-10-16-42-37/h10-12,15-16,23-25,29-31H,13-14,17-22,26-27H2,1-9H3. The minimum absolute atomic E-state index is 0.0871. The van der Waals surface area contributed by atoms with Crippen molar-refractivity contribution in [3.8, 4) is 22.5 Å². The highest BCUT2D eigenvalue weighted by atomic mass is 28.3. The Morgan fingerprint density at radius 2 is 1.57 bits per heavy atom. The van der Waals surface area contributed by atoms with Gasteiger partial charge in [-0.25, -0.2) is 14.2 Å². The molecule has 292 valence electrons. The van der Waals surface area contributed by atoms with Crippen LogP contribution in [0.1, 0.15) is 58.1 Å². The molecule has 2 bridgehead atoms. The van der Waals surface area contributed by atoms with Gasteiger partial charge in [-0.3, -0.25) is 9.97 Å². The van der Waals surface area contributed by atoms with Crippen LogP contribution < -0.4 is 4.90 Å². The summed E-state index contributed by atoms with van der Waals surface area (Å²) < 4.78 is 35.0. The van der Waals surface area contributed by atoms with Crippen molar-refractivity contribution in [2.45, 2.75) is 121 Å². The van der Waals surface area contributed by atoms with Crippen molar-refractivity contribution < 1.29 is 23.4 Å². The molecule has 2 saturated heterocycles. The Morgan fingerprint density at radius 3 is 2.13 bits per heavy atom. The minimum Gasteiger partial charge on any atom is -0.444 e. The van der Waals surface area contributed by atoms with Crippen molar-refractivity contribution in [2.75, 3.05) is 31.6 Å². The Labute approximate surface area is 321 Å². The van der Waals surface area contributed by atoms with Crippen molar-refractivity contribution in [3.63, 3.8) is 0 Å². The van der Waals surface area contributed by atoms with Crippen LogP contribution in [0.4, 0.5) is 15.0 Å².